The van der Waals surface area contributed by atoms with E-state index in [2.05, 4.69) is 32.8 Å². The largest absolute Gasteiger partial charge is 0.343 e. The van der Waals surface area contributed by atoms with Crippen LogP contribution in [-0.4, -0.2) is 49.4 Å². The second-order valence-electron chi connectivity index (χ2n) is 4.64. The van der Waals surface area contributed by atoms with E-state index in [9.17, 15) is 4.79 Å². The second kappa shape index (κ2) is 9.64. The molecule has 3 heteroatoms. The Balaban J connectivity index is 3.94. The van der Waals surface area contributed by atoms with Crippen molar-refractivity contribution in [3.8, 4) is 0 Å². The molecule has 0 saturated heterocycles. The molecule has 0 bridgehead atoms. The molecule has 96 valence electrons. The number of nitrogens with zero attached hydrogens (tertiary/aromatic N) is 2. The van der Waals surface area contributed by atoms with E-state index < -0.39 is 0 Å². The number of rotatable bonds is 9. The first-order chi connectivity index (χ1) is 7.61. The maximum Gasteiger partial charge on any atom is 0.222 e. The molecule has 16 heavy (non-hydrogen) atoms. The van der Waals surface area contributed by atoms with Gasteiger partial charge >= 0.3 is 0 Å². The van der Waals surface area contributed by atoms with Crippen LogP contribution in [0.3, 0.4) is 0 Å². The van der Waals surface area contributed by atoms with Gasteiger partial charge in [-0.2, -0.15) is 0 Å². The molecule has 0 atom stereocenters. The van der Waals surface area contributed by atoms with E-state index in [4.69, 9.17) is 0 Å². The molecule has 3 nitrogen and oxygen atoms in total. The summed E-state index contributed by atoms with van der Waals surface area (Å²) in [6, 6.07) is 0. The Bertz CT molecular complexity index is 181. The van der Waals surface area contributed by atoms with Gasteiger partial charge in [-0.25, -0.2) is 0 Å². The van der Waals surface area contributed by atoms with Gasteiger partial charge in [-0.1, -0.05) is 20.3 Å². The summed E-state index contributed by atoms with van der Waals surface area (Å²) in [6.45, 7) is 7.14. The Kier molecular flexibility index (Phi) is 9.30. The Labute approximate surface area is 101 Å². The van der Waals surface area contributed by atoms with E-state index in [1.807, 2.05) is 4.90 Å². The van der Waals surface area contributed by atoms with E-state index in [1.165, 1.54) is 0 Å². The number of hydrogen-bond acceptors (Lipinski definition) is 2. The minimum absolute atomic E-state index is 0.328. The molecule has 0 heterocycles. The van der Waals surface area contributed by atoms with Crippen LogP contribution in [-0.2, 0) is 4.79 Å². The van der Waals surface area contributed by atoms with Crippen molar-refractivity contribution < 1.29 is 4.79 Å². The Morgan fingerprint density at radius 1 is 0.938 bits per heavy atom. The van der Waals surface area contributed by atoms with Gasteiger partial charge in [0, 0.05) is 19.5 Å². The molecule has 0 unspecified atom stereocenters. The van der Waals surface area contributed by atoms with Gasteiger partial charge in [-0.15, -0.1) is 0 Å². The smallest absolute Gasteiger partial charge is 0.222 e. The van der Waals surface area contributed by atoms with E-state index in [0.717, 1.165) is 45.3 Å². The summed E-state index contributed by atoms with van der Waals surface area (Å²) in [5.41, 5.74) is 0. The highest BCUT2D eigenvalue weighted by Gasteiger charge is 2.11. The van der Waals surface area contributed by atoms with Crippen molar-refractivity contribution in [3.05, 3.63) is 0 Å². The summed E-state index contributed by atoms with van der Waals surface area (Å²) in [7, 11) is 4.15. The highest BCUT2D eigenvalue weighted by Crippen LogP contribution is 2.02. The highest BCUT2D eigenvalue weighted by atomic mass is 16.2. The molecule has 1 amide bonds. The summed E-state index contributed by atoms with van der Waals surface area (Å²) in [4.78, 5) is 16.0. The maximum atomic E-state index is 11.8. The molecule has 0 fully saturated rings. The zero-order chi connectivity index (χ0) is 12.4. The van der Waals surface area contributed by atoms with Crippen molar-refractivity contribution in [2.45, 2.75) is 46.0 Å². The third-order valence-electron chi connectivity index (χ3n) is 2.63. The molecule has 0 aromatic carbocycles. The first kappa shape index (κ1) is 15.4. The third kappa shape index (κ3) is 7.69. The summed E-state index contributed by atoms with van der Waals surface area (Å²) in [5.74, 6) is 0.328. The molecular weight excluding hydrogens is 200 g/mol. The first-order valence-corrected chi connectivity index (χ1v) is 6.54. The monoisotopic (exact) mass is 228 g/mol. The van der Waals surface area contributed by atoms with Crippen LogP contribution in [0.2, 0.25) is 0 Å². The number of hydrogen-bond donors (Lipinski definition) is 0. The van der Waals surface area contributed by atoms with Gasteiger partial charge in [0.05, 0.1) is 0 Å². The average molecular weight is 228 g/mol. The van der Waals surface area contributed by atoms with Crippen molar-refractivity contribution >= 4 is 5.91 Å². The van der Waals surface area contributed by atoms with Crippen LogP contribution in [0.15, 0.2) is 0 Å². The van der Waals surface area contributed by atoms with Gasteiger partial charge < -0.3 is 9.80 Å². The van der Waals surface area contributed by atoms with Crippen LogP contribution in [0, 0.1) is 0 Å². The fraction of sp³-hybridized carbons (Fsp3) is 0.923. The molecular formula is C13H28N2O. The predicted octanol–water partition coefficient (Wildman–Crippen LogP) is 2.37. The quantitative estimate of drug-likeness (QED) is 0.605. The lowest BCUT2D eigenvalue weighted by Crippen LogP contribution is -2.34. The fourth-order valence-corrected chi connectivity index (χ4v) is 1.66. The number of unbranched alkanes of at least 4 members (excludes halogenated alkanes) is 1. The maximum absolute atomic E-state index is 11.8. The van der Waals surface area contributed by atoms with Crippen molar-refractivity contribution in [1.29, 1.82) is 0 Å². The molecule has 0 spiro atoms. The van der Waals surface area contributed by atoms with Gasteiger partial charge in [0.1, 0.15) is 0 Å². The number of amides is 1. The third-order valence-corrected chi connectivity index (χ3v) is 2.63. The number of carbonyl (C=O) groups is 1. The molecule has 0 aliphatic heterocycles. The van der Waals surface area contributed by atoms with Gasteiger partial charge in [-0.3, -0.25) is 4.79 Å². The topological polar surface area (TPSA) is 23.6 Å². The van der Waals surface area contributed by atoms with Gasteiger partial charge in [0.25, 0.3) is 0 Å². The summed E-state index contributed by atoms with van der Waals surface area (Å²) in [5, 5.41) is 0. The average Bonchev–Trinajstić information content (AvgIpc) is 2.22. The zero-order valence-electron chi connectivity index (χ0n) is 11.5. The molecule has 0 radical (unpaired) electrons. The van der Waals surface area contributed by atoms with E-state index in [-0.39, 0.29) is 0 Å². The lowest BCUT2D eigenvalue weighted by Gasteiger charge is -2.23. The first-order valence-electron chi connectivity index (χ1n) is 6.54. The zero-order valence-corrected chi connectivity index (χ0v) is 11.5. The Morgan fingerprint density at radius 3 is 2.06 bits per heavy atom. The summed E-state index contributed by atoms with van der Waals surface area (Å²) < 4.78 is 0. The van der Waals surface area contributed by atoms with Crippen LogP contribution in [0.25, 0.3) is 0 Å². The lowest BCUT2D eigenvalue weighted by molar-refractivity contribution is -0.131. The van der Waals surface area contributed by atoms with Crippen LogP contribution >= 0.6 is 0 Å². The van der Waals surface area contributed by atoms with Gasteiger partial charge in [-0.05, 0) is 39.9 Å². The summed E-state index contributed by atoms with van der Waals surface area (Å²) >= 11 is 0. The molecule has 0 aromatic heterocycles. The molecule has 0 saturated carbocycles. The minimum atomic E-state index is 0.328. The van der Waals surface area contributed by atoms with Gasteiger partial charge in [0.15, 0.2) is 0 Å². The number of carbonyl (C=O) groups excluding carboxylic acids is 1. The standard InChI is InChI=1S/C13H28N2O/c1-5-7-11-15(13(16)9-6-2)12-8-10-14(3)4/h5-12H2,1-4H3. The van der Waals surface area contributed by atoms with Crippen LogP contribution in [0.5, 0.6) is 0 Å². The molecule has 0 aromatic rings. The van der Waals surface area contributed by atoms with Crippen LogP contribution in [0.4, 0.5) is 0 Å². The Hall–Kier alpha value is -0.570. The SMILES string of the molecule is CCCCN(CCCN(C)C)C(=O)CCC. The van der Waals surface area contributed by atoms with Gasteiger partial charge in [0.2, 0.25) is 5.91 Å². The minimum Gasteiger partial charge on any atom is -0.343 e. The van der Waals surface area contributed by atoms with E-state index >= 15 is 0 Å². The molecule has 0 N–H and O–H groups in total. The molecule has 0 rings (SSSR count). The van der Waals surface area contributed by atoms with E-state index in [0.29, 0.717) is 12.3 Å². The van der Waals surface area contributed by atoms with Crippen molar-refractivity contribution in [2.75, 3.05) is 33.7 Å². The normalized spacial score (nSPS) is 10.8. The van der Waals surface area contributed by atoms with Crippen LogP contribution < -0.4 is 0 Å². The van der Waals surface area contributed by atoms with Crippen molar-refractivity contribution in [1.82, 2.24) is 9.80 Å². The Morgan fingerprint density at radius 2 is 1.56 bits per heavy atom. The predicted molar refractivity (Wildman–Crippen MR) is 69.6 cm³/mol. The van der Waals surface area contributed by atoms with E-state index in [1.54, 1.807) is 0 Å². The molecule has 0 aliphatic rings. The van der Waals surface area contributed by atoms with Crippen molar-refractivity contribution in [3.63, 3.8) is 0 Å². The fourth-order valence-electron chi connectivity index (χ4n) is 1.66. The highest BCUT2D eigenvalue weighted by molar-refractivity contribution is 5.76. The summed E-state index contributed by atoms with van der Waals surface area (Å²) in [6.07, 6.45) is 5.01. The van der Waals surface area contributed by atoms with Crippen LogP contribution in [0.1, 0.15) is 46.0 Å². The lowest BCUT2D eigenvalue weighted by atomic mass is 10.2. The molecule has 0 aliphatic carbocycles. The second-order valence-corrected chi connectivity index (χ2v) is 4.64. The van der Waals surface area contributed by atoms with Crippen molar-refractivity contribution in [2.24, 2.45) is 0 Å².